The van der Waals surface area contributed by atoms with Crippen LogP contribution in [0.15, 0.2) is 94.3 Å². The Labute approximate surface area is 204 Å². The number of benzene rings is 2. The highest BCUT2D eigenvalue weighted by Crippen LogP contribution is 2.20. The molecule has 4 rings (SSSR count). The standard InChI is InChI=1S/C23H18N4O4S3/c28-21(16-5-2-1-3-6-16)26-20(15-18-7-4-13-32-18)22(29)25-17-8-10-19(11-9-17)34(30,31)27-23-24-12-14-33-23/h1-15H,(H,24,27)(H,25,29)(H,26,28). The van der Waals surface area contributed by atoms with Gasteiger partial charge >= 0.3 is 0 Å². The monoisotopic (exact) mass is 510 g/mol. The maximum atomic E-state index is 13.0. The molecule has 2 aromatic heterocycles. The molecule has 3 N–H and O–H groups in total. The van der Waals surface area contributed by atoms with Crippen molar-refractivity contribution in [2.24, 2.45) is 0 Å². The van der Waals surface area contributed by atoms with Gasteiger partial charge in [0, 0.05) is 27.7 Å². The fourth-order valence-corrected chi connectivity index (χ4v) is 5.27. The molecule has 0 aliphatic rings. The first-order valence-corrected chi connectivity index (χ1v) is 13.1. The third-order valence-corrected chi connectivity index (χ3v) is 7.43. The summed E-state index contributed by atoms with van der Waals surface area (Å²) in [5.41, 5.74) is 0.831. The van der Waals surface area contributed by atoms with Crippen LogP contribution < -0.4 is 15.4 Å². The van der Waals surface area contributed by atoms with Crippen molar-refractivity contribution in [3.63, 3.8) is 0 Å². The number of nitrogens with one attached hydrogen (secondary N) is 3. The van der Waals surface area contributed by atoms with E-state index in [2.05, 4.69) is 20.3 Å². The topological polar surface area (TPSA) is 117 Å². The summed E-state index contributed by atoms with van der Waals surface area (Å²) in [5.74, 6) is -0.970. The number of sulfonamides is 1. The van der Waals surface area contributed by atoms with Gasteiger partial charge in [0.1, 0.15) is 5.70 Å². The zero-order chi connectivity index (χ0) is 24.0. The third-order valence-electron chi connectivity index (χ3n) is 4.44. The van der Waals surface area contributed by atoms with Gasteiger partial charge in [0.05, 0.1) is 4.90 Å². The molecule has 2 heterocycles. The SMILES string of the molecule is O=C(Nc1ccc(S(=O)(=O)Nc2nccs2)cc1)C(=Cc1cccs1)NC(=O)c1ccccc1. The number of carbonyl (C=O) groups is 2. The number of hydrogen-bond donors (Lipinski definition) is 3. The molecule has 4 aromatic rings. The number of amides is 2. The average Bonchev–Trinajstić information content (AvgIpc) is 3.54. The minimum atomic E-state index is -3.81. The maximum Gasteiger partial charge on any atom is 0.272 e. The molecular weight excluding hydrogens is 492 g/mol. The Hall–Kier alpha value is -3.80. The summed E-state index contributed by atoms with van der Waals surface area (Å²) in [6.45, 7) is 0. The van der Waals surface area contributed by atoms with E-state index in [0.29, 0.717) is 11.3 Å². The Balaban J connectivity index is 1.50. The minimum absolute atomic E-state index is 0.0208. The Morgan fingerprint density at radius 3 is 2.29 bits per heavy atom. The lowest BCUT2D eigenvalue weighted by molar-refractivity contribution is -0.113. The van der Waals surface area contributed by atoms with E-state index >= 15 is 0 Å². The number of carbonyl (C=O) groups excluding carboxylic acids is 2. The Morgan fingerprint density at radius 2 is 1.65 bits per heavy atom. The highest BCUT2D eigenvalue weighted by molar-refractivity contribution is 7.93. The highest BCUT2D eigenvalue weighted by Gasteiger charge is 2.18. The first-order chi connectivity index (χ1) is 16.4. The van der Waals surface area contributed by atoms with Crippen LogP contribution in [0.3, 0.4) is 0 Å². The highest BCUT2D eigenvalue weighted by atomic mass is 32.2. The van der Waals surface area contributed by atoms with E-state index in [0.717, 1.165) is 4.88 Å². The number of aromatic nitrogens is 1. The Morgan fingerprint density at radius 1 is 0.882 bits per heavy atom. The lowest BCUT2D eigenvalue weighted by atomic mass is 10.2. The number of anilines is 2. The predicted molar refractivity (Wildman–Crippen MR) is 134 cm³/mol. The summed E-state index contributed by atoms with van der Waals surface area (Å²) in [4.78, 5) is 30.3. The second-order valence-corrected chi connectivity index (χ2v) is 10.4. The number of thiazole rings is 1. The van der Waals surface area contributed by atoms with Gasteiger partial charge in [-0.05, 0) is 53.9 Å². The van der Waals surface area contributed by atoms with Crippen LogP contribution in [-0.2, 0) is 14.8 Å². The molecule has 0 saturated heterocycles. The van der Waals surface area contributed by atoms with Crippen molar-refractivity contribution in [1.82, 2.24) is 10.3 Å². The molecule has 8 nitrogen and oxygen atoms in total. The van der Waals surface area contributed by atoms with Gasteiger partial charge in [-0.3, -0.25) is 14.3 Å². The number of hydrogen-bond acceptors (Lipinski definition) is 7. The van der Waals surface area contributed by atoms with Gasteiger partial charge in [-0.1, -0.05) is 24.3 Å². The summed E-state index contributed by atoms with van der Waals surface area (Å²) >= 11 is 2.58. The molecule has 172 valence electrons. The largest absolute Gasteiger partial charge is 0.321 e. The summed E-state index contributed by atoms with van der Waals surface area (Å²) in [5, 5.41) is 9.13. The van der Waals surface area contributed by atoms with Crippen LogP contribution in [0.4, 0.5) is 10.8 Å². The Bertz CT molecular complexity index is 1400. The van der Waals surface area contributed by atoms with Crippen molar-refractivity contribution in [1.29, 1.82) is 0 Å². The minimum Gasteiger partial charge on any atom is -0.321 e. The molecule has 0 fully saturated rings. The van der Waals surface area contributed by atoms with Crippen LogP contribution in [-0.4, -0.2) is 25.2 Å². The van der Waals surface area contributed by atoms with E-state index in [4.69, 9.17) is 0 Å². The molecule has 0 bridgehead atoms. The molecule has 0 saturated carbocycles. The molecule has 0 unspecified atom stereocenters. The van der Waals surface area contributed by atoms with Crippen molar-refractivity contribution in [3.8, 4) is 0 Å². The van der Waals surface area contributed by atoms with E-state index < -0.39 is 21.8 Å². The fourth-order valence-electron chi connectivity index (χ4n) is 2.82. The smallest absolute Gasteiger partial charge is 0.272 e. The van der Waals surface area contributed by atoms with Gasteiger partial charge in [-0.2, -0.15) is 0 Å². The molecular formula is C23H18N4O4S3. The molecule has 0 aliphatic carbocycles. The second-order valence-electron chi connectivity index (χ2n) is 6.81. The molecule has 0 radical (unpaired) electrons. The third kappa shape index (κ3) is 5.95. The fraction of sp³-hybridized carbons (Fsp3) is 0. The second kappa shape index (κ2) is 10.4. The van der Waals surface area contributed by atoms with Crippen LogP contribution in [0.1, 0.15) is 15.2 Å². The van der Waals surface area contributed by atoms with Gasteiger partial charge in [-0.15, -0.1) is 22.7 Å². The van der Waals surface area contributed by atoms with Crippen molar-refractivity contribution in [3.05, 3.63) is 99.8 Å². The van der Waals surface area contributed by atoms with Crippen LogP contribution in [0.2, 0.25) is 0 Å². The Kier molecular flexibility index (Phi) is 7.16. The summed E-state index contributed by atoms with van der Waals surface area (Å²) in [6, 6.07) is 17.9. The van der Waals surface area contributed by atoms with E-state index in [9.17, 15) is 18.0 Å². The molecule has 0 spiro atoms. The first kappa shape index (κ1) is 23.4. The summed E-state index contributed by atoms with van der Waals surface area (Å²) in [7, 11) is -3.81. The van der Waals surface area contributed by atoms with Gasteiger partial charge < -0.3 is 10.6 Å². The predicted octanol–water partition coefficient (Wildman–Crippen LogP) is 4.42. The van der Waals surface area contributed by atoms with Gasteiger partial charge in [0.2, 0.25) is 0 Å². The van der Waals surface area contributed by atoms with Gasteiger partial charge in [0.15, 0.2) is 5.13 Å². The molecule has 11 heteroatoms. The van der Waals surface area contributed by atoms with Crippen LogP contribution in [0, 0.1) is 0 Å². The van der Waals surface area contributed by atoms with Gasteiger partial charge in [0.25, 0.3) is 21.8 Å². The lowest BCUT2D eigenvalue weighted by Crippen LogP contribution is -2.30. The molecule has 2 amide bonds. The van der Waals surface area contributed by atoms with Crippen molar-refractivity contribution in [2.45, 2.75) is 4.90 Å². The number of rotatable bonds is 8. The van der Waals surface area contributed by atoms with Crippen molar-refractivity contribution >= 4 is 61.4 Å². The number of thiophene rings is 1. The normalized spacial score (nSPS) is 11.6. The molecule has 34 heavy (non-hydrogen) atoms. The van der Waals surface area contributed by atoms with E-state index in [1.54, 1.807) is 41.8 Å². The van der Waals surface area contributed by atoms with Gasteiger partial charge in [-0.25, -0.2) is 13.4 Å². The maximum absolute atomic E-state index is 13.0. The zero-order valence-electron chi connectivity index (χ0n) is 17.5. The molecule has 2 aromatic carbocycles. The van der Waals surface area contributed by atoms with Crippen molar-refractivity contribution in [2.75, 3.05) is 10.0 Å². The van der Waals surface area contributed by atoms with Crippen LogP contribution in [0.25, 0.3) is 6.08 Å². The molecule has 0 atom stereocenters. The van der Waals surface area contributed by atoms with E-state index in [-0.39, 0.29) is 15.7 Å². The van der Waals surface area contributed by atoms with E-state index in [1.165, 1.54) is 53.1 Å². The summed E-state index contributed by atoms with van der Waals surface area (Å²) < 4.78 is 27.4. The zero-order valence-corrected chi connectivity index (χ0v) is 19.9. The quantitative estimate of drug-likeness (QED) is 0.304. The first-order valence-electron chi connectivity index (χ1n) is 9.86. The van der Waals surface area contributed by atoms with Crippen molar-refractivity contribution < 1.29 is 18.0 Å². The van der Waals surface area contributed by atoms with Crippen LogP contribution >= 0.6 is 22.7 Å². The average molecular weight is 511 g/mol. The molecule has 0 aliphatic heterocycles. The summed E-state index contributed by atoms with van der Waals surface area (Å²) in [6.07, 6.45) is 3.08. The number of nitrogens with zero attached hydrogens (tertiary/aromatic N) is 1. The van der Waals surface area contributed by atoms with E-state index in [1.807, 2.05) is 17.5 Å². The lowest BCUT2D eigenvalue weighted by Gasteiger charge is -2.12. The van der Waals surface area contributed by atoms with Crippen LogP contribution in [0.5, 0.6) is 0 Å².